The molecule has 12 heteroatoms. The van der Waals surface area contributed by atoms with Crippen LogP contribution in [-0.4, -0.2) is 69.9 Å². The number of rotatable bonds is 8. The van der Waals surface area contributed by atoms with Crippen molar-refractivity contribution in [1.82, 2.24) is 25.5 Å². The van der Waals surface area contributed by atoms with Crippen LogP contribution in [0.1, 0.15) is 57.7 Å². The lowest BCUT2D eigenvalue weighted by atomic mass is 10.0. The van der Waals surface area contributed by atoms with Crippen LogP contribution in [0, 0.1) is 5.41 Å². The second kappa shape index (κ2) is 13.1. The number of nitrogens with zero attached hydrogens (tertiary/aromatic N) is 4. The van der Waals surface area contributed by atoms with Gasteiger partial charge in [0.25, 0.3) is 11.8 Å². The van der Waals surface area contributed by atoms with Crippen LogP contribution in [0.2, 0.25) is 0 Å². The molecular formula is C36H34N8O4. The van der Waals surface area contributed by atoms with Crippen LogP contribution in [-0.2, 0) is 16.1 Å². The third kappa shape index (κ3) is 6.11. The number of fused-ring (bicyclic) bond motifs is 2. The zero-order chi connectivity index (χ0) is 33.2. The summed E-state index contributed by atoms with van der Waals surface area (Å²) >= 11 is 0. The van der Waals surface area contributed by atoms with Gasteiger partial charge in [-0.05, 0) is 61.7 Å². The molecule has 4 N–H and O–H groups in total. The maximum Gasteiger partial charge on any atom is 0.255 e. The van der Waals surface area contributed by atoms with Crippen molar-refractivity contribution in [3.63, 3.8) is 0 Å². The number of carbonyl (C=O) groups excluding carboxylic acids is 4. The largest absolute Gasteiger partial charge is 0.387 e. The summed E-state index contributed by atoms with van der Waals surface area (Å²) in [6.45, 7) is 1.75. The molecule has 0 bridgehead atoms. The average molecular weight is 643 g/mol. The number of aromatic nitrogens is 2. The third-order valence-corrected chi connectivity index (χ3v) is 9.17. The van der Waals surface area contributed by atoms with Crippen molar-refractivity contribution >= 4 is 57.8 Å². The molecule has 3 aliphatic rings. The number of carbonyl (C=O) groups is 4. The van der Waals surface area contributed by atoms with Crippen molar-refractivity contribution in [2.75, 3.05) is 23.3 Å². The van der Waals surface area contributed by atoms with Gasteiger partial charge < -0.3 is 25.8 Å². The summed E-state index contributed by atoms with van der Waals surface area (Å²) < 4.78 is 0. The van der Waals surface area contributed by atoms with Gasteiger partial charge in [-0.1, -0.05) is 24.3 Å². The molecular weight excluding hydrogens is 608 g/mol. The highest BCUT2D eigenvalue weighted by atomic mass is 16.2. The average Bonchev–Trinajstić information content (AvgIpc) is 3.45. The Kier molecular flexibility index (Phi) is 8.37. The van der Waals surface area contributed by atoms with Crippen LogP contribution < -0.4 is 20.9 Å². The number of piperidine rings is 2. The number of benzene rings is 3. The monoisotopic (exact) mass is 642 g/mol. The lowest BCUT2D eigenvalue weighted by Gasteiger charge is -2.34. The van der Waals surface area contributed by atoms with Crippen LogP contribution >= 0.6 is 0 Å². The van der Waals surface area contributed by atoms with Gasteiger partial charge in [0.15, 0.2) is 0 Å². The third-order valence-electron chi connectivity index (χ3n) is 9.17. The first kappa shape index (κ1) is 30.7. The molecule has 3 aromatic carbocycles. The van der Waals surface area contributed by atoms with Gasteiger partial charge in [-0.3, -0.25) is 29.5 Å². The van der Waals surface area contributed by atoms with E-state index in [0.717, 1.165) is 42.7 Å². The van der Waals surface area contributed by atoms with Crippen molar-refractivity contribution in [2.45, 2.75) is 44.3 Å². The van der Waals surface area contributed by atoms with Gasteiger partial charge in [-0.25, -0.2) is 4.98 Å². The van der Waals surface area contributed by atoms with E-state index in [2.05, 4.69) is 30.8 Å². The van der Waals surface area contributed by atoms with E-state index >= 15 is 0 Å². The summed E-state index contributed by atoms with van der Waals surface area (Å²) in [6.07, 6.45) is 7.00. The van der Waals surface area contributed by atoms with Crippen molar-refractivity contribution in [2.24, 2.45) is 0 Å². The Morgan fingerprint density at radius 2 is 1.75 bits per heavy atom. The predicted molar refractivity (Wildman–Crippen MR) is 182 cm³/mol. The number of para-hydroxylation sites is 2. The SMILES string of the molecule is N=C/C(=C\NC1CCN(c2cccc(C(=O)Nc3cccc4c3CN(C3CCC(=O)NC3=O)C4=O)c2)CC1)c1cnc2ccccc2n1. The summed E-state index contributed by atoms with van der Waals surface area (Å²) in [5, 5.41) is 16.7. The first-order valence-electron chi connectivity index (χ1n) is 16.0. The van der Waals surface area contributed by atoms with Crippen LogP contribution in [0.15, 0.2) is 79.1 Å². The Morgan fingerprint density at radius 1 is 0.958 bits per heavy atom. The van der Waals surface area contributed by atoms with Gasteiger partial charge in [0, 0.05) is 78.1 Å². The molecule has 4 aromatic rings. The molecule has 12 nitrogen and oxygen atoms in total. The molecule has 0 radical (unpaired) electrons. The van der Waals surface area contributed by atoms with E-state index in [9.17, 15) is 19.2 Å². The first-order chi connectivity index (χ1) is 23.4. The van der Waals surface area contributed by atoms with Gasteiger partial charge in [0.2, 0.25) is 11.8 Å². The van der Waals surface area contributed by atoms with Crippen molar-refractivity contribution in [1.29, 1.82) is 5.41 Å². The molecule has 7 rings (SSSR count). The van der Waals surface area contributed by atoms with Crippen LogP contribution in [0.4, 0.5) is 11.4 Å². The fourth-order valence-corrected chi connectivity index (χ4v) is 6.54. The Hall–Kier alpha value is -5.91. The van der Waals surface area contributed by atoms with Gasteiger partial charge in [0.1, 0.15) is 6.04 Å². The van der Waals surface area contributed by atoms with Gasteiger partial charge in [-0.15, -0.1) is 0 Å². The van der Waals surface area contributed by atoms with E-state index < -0.39 is 11.9 Å². The molecule has 2 fully saturated rings. The van der Waals surface area contributed by atoms with Crippen LogP contribution in [0.5, 0.6) is 0 Å². The van der Waals surface area contributed by atoms with Crippen molar-refractivity contribution in [3.05, 3.63) is 102 Å². The van der Waals surface area contributed by atoms with E-state index in [1.165, 1.54) is 11.1 Å². The fourth-order valence-electron chi connectivity index (χ4n) is 6.54. The Labute approximate surface area is 276 Å². The standard InChI is InChI=1S/C36H34N8O4/c37-18-23(31-20-39-29-8-1-2-9-30(29)40-31)19-38-24-13-15-43(16-14-24)25-6-3-5-22(17-25)34(46)41-28-10-4-7-26-27(28)21-44(36(26)48)32-11-12-33(45)42-35(32)47/h1-10,17-20,24,32,37-38H,11-16,21H2,(H,41,46)(H,42,45,47)/b23-19+,37-18?. The molecule has 0 spiro atoms. The second-order valence-corrected chi connectivity index (χ2v) is 12.2. The molecule has 1 aromatic heterocycles. The van der Waals surface area contributed by atoms with E-state index in [0.29, 0.717) is 33.6 Å². The topological polar surface area (TPSA) is 160 Å². The van der Waals surface area contributed by atoms with E-state index in [-0.39, 0.29) is 43.1 Å². The molecule has 0 saturated carbocycles. The Bertz CT molecular complexity index is 1980. The Balaban J connectivity index is 0.976. The minimum absolute atomic E-state index is 0.173. The van der Waals surface area contributed by atoms with Crippen LogP contribution in [0.25, 0.3) is 16.6 Å². The summed E-state index contributed by atoms with van der Waals surface area (Å²) in [4.78, 5) is 63.6. The number of hydrogen-bond donors (Lipinski definition) is 4. The maximum atomic E-state index is 13.4. The second-order valence-electron chi connectivity index (χ2n) is 12.2. The van der Waals surface area contributed by atoms with E-state index in [1.807, 2.05) is 48.7 Å². The number of imide groups is 1. The molecule has 1 unspecified atom stereocenters. The minimum atomic E-state index is -0.727. The maximum absolute atomic E-state index is 13.4. The zero-order valence-corrected chi connectivity index (χ0v) is 26.1. The highest BCUT2D eigenvalue weighted by Crippen LogP contribution is 2.33. The molecule has 4 heterocycles. The smallest absolute Gasteiger partial charge is 0.255 e. The lowest BCUT2D eigenvalue weighted by molar-refractivity contribution is -0.136. The summed E-state index contributed by atoms with van der Waals surface area (Å²) in [5.74, 6) is -1.40. The summed E-state index contributed by atoms with van der Waals surface area (Å²) in [6, 6.07) is 19.8. The number of hydrogen-bond acceptors (Lipinski definition) is 9. The molecule has 3 aliphatic heterocycles. The fraction of sp³-hybridized carbons (Fsp3) is 0.250. The first-order valence-corrected chi connectivity index (χ1v) is 16.0. The predicted octanol–water partition coefficient (Wildman–Crippen LogP) is 3.89. The van der Waals surface area contributed by atoms with Gasteiger partial charge >= 0.3 is 0 Å². The number of anilines is 2. The van der Waals surface area contributed by atoms with Crippen molar-refractivity contribution in [3.8, 4) is 0 Å². The normalized spacial score (nSPS) is 18.5. The van der Waals surface area contributed by atoms with Crippen molar-refractivity contribution < 1.29 is 19.2 Å². The van der Waals surface area contributed by atoms with E-state index in [1.54, 1.807) is 30.5 Å². The lowest BCUT2D eigenvalue weighted by Crippen LogP contribution is -2.52. The Morgan fingerprint density at radius 3 is 2.54 bits per heavy atom. The summed E-state index contributed by atoms with van der Waals surface area (Å²) in [7, 11) is 0. The van der Waals surface area contributed by atoms with E-state index in [4.69, 9.17) is 5.41 Å². The van der Waals surface area contributed by atoms with Gasteiger partial charge in [0.05, 0.1) is 22.9 Å². The van der Waals surface area contributed by atoms with Gasteiger partial charge in [-0.2, -0.15) is 0 Å². The molecule has 4 amide bonds. The highest BCUT2D eigenvalue weighted by Gasteiger charge is 2.40. The highest BCUT2D eigenvalue weighted by molar-refractivity contribution is 6.09. The van der Waals surface area contributed by atoms with Crippen LogP contribution in [0.3, 0.4) is 0 Å². The molecule has 0 aliphatic carbocycles. The number of allylic oxidation sites excluding steroid dienone is 1. The number of nitrogens with one attached hydrogen (secondary N) is 4. The molecule has 48 heavy (non-hydrogen) atoms. The zero-order valence-electron chi connectivity index (χ0n) is 26.1. The minimum Gasteiger partial charge on any atom is -0.387 e. The molecule has 2 saturated heterocycles. The quantitative estimate of drug-likeness (QED) is 0.166. The number of amides is 4. The molecule has 1 atom stereocenters. The molecule has 242 valence electrons. The summed E-state index contributed by atoms with van der Waals surface area (Å²) in [5.41, 5.74) is 5.94.